The normalized spacial score (nSPS) is 15.8. The molecule has 3 aromatic rings. The fraction of sp³-hybridized carbons (Fsp3) is 0.364. The summed E-state index contributed by atoms with van der Waals surface area (Å²) in [5, 5.41) is 3.55. The van der Waals surface area contributed by atoms with Crippen LogP contribution in [0.2, 0.25) is 0 Å². The van der Waals surface area contributed by atoms with E-state index < -0.39 is 23.4 Å². The number of pyridine rings is 1. The molecule has 2 aromatic heterocycles. The molecule has 6 nitrogen and oxygen atoms in total. The van der Waals surface area contributed by atoms with Gasteiger partial charge in [0.05, 0.1) is 11.4 Å². The highest BCUT2D eigenvalue weighted by atomic mass is 19.1. The van der Waals surface area contributed by atoms with Gasteiger partial charge in [0, 0.05) is 18.4 Å². The largest absolute Gasteiger partial charge is 0.450 e. The van der Waals surface area contributed by atoms with E-state index in [1.165, 1.54) is 18.7 Å². The molecule has 2 heterocycles. The number of aromatic amines is 1. The molecular formula is C22H24F2N4O2. The predicted molar refractivity (Wildman–Crippen MR) is 109 cm³/mol. The van der Waals surface area contributed by atoms with E-state index in [1.54, 1.807) is 12.3 Å². The van der Waals surface area contributed by atoms with E-state index in [4.69, 9.17) is 10.5 Å². The Morgan fingerprint density at radius 1 is 1.23 bits per heavy atom. The van der Waals surface area contributed by atoms with Crippen LogP contribution in [0.3, 0.4) is 0 Å². The maximum absolute atomic E-state index is 14.6. The molecule has 0 bridgehead atoms. The second kappa shape index (κ2) is 8.79. The van der Waals surface area contributed by atoms with E-state index in [0.717, 1.165) is 37.8 Å². The summed E-state index contributed by atoms with van der Waals surface area (Å²) in [7, 11) is 0. The molecule has 0 unspecified atom stereocenters. The van der Waals surface area contributed by atoms with Crippen molar-refractivity contribution in [3.8, 4) is 11.5 Å². The van der Waals surface area contributed by atoms with Crippen molar-refractivity contribution in [1.82, 2.24) is 15.3 Å². The van der Waals surface area contributed by atoms with Crippen LogP contribution in [0.5, 0.6) is 11.5 Å². The number of halogens is 2. The zero-order chi connectivity index (χ0) is 21.1. The number of aromatic nitrogens is 2. The Morgan fingerprint density at radius 3 is 2.70 bits per heavy atom. The van der Waals surface area contributed by atoms with Crippen LogP contribution in [0.4, 0.5) is 8.78 Å². The first-order valence-corrected chi connectivity index (χ1v) is 10.1. The molecule has 1 aromatic carbocycles. The van der Waals surface area contributed by atoms with Crippen molar-refractivity contribution in [2.24, 2.45) is 5.73 Å². The van der Waals surface area contributed by atoms with E-state index in [-0.39, 0.29) is 24.1 Å². The highest BCUT2D eigenvalue weighted by molar-refractivity contribution is 5.83. The second-order valence-electron chi connectivity index (χ2n) is 7.69. The molecule has 1 saturated carbocycles. The van der Waals surface area contributed by atoms with Gasteiger partial charge in [-0.1, -0.05) is 19.3 Å². The fourth-order valence-corrected chi connectivity index (χ4v) is 3.86. The van der Waals surface area contributed by atoms with Crippen molar-refractivity contribution in [2.45, 2.75) is 50.6 Å². The highest BCUT2D eigenvalue weighted by Gasteiger charge is 2.22. The average Bonchev–Trinajstić information content (AvgIpc) is 3.21. The van der Waals surface area contributed by atoms with Crippen LogP contribution in [-0.2, 0) is 11.2 Å². The molecule has 0 spiro atoms. The number of nitrogens with two attached hydrogens (primary N) is 1. The molecule has 1 atom stereocenters. The molecule has 30 heavy (non-hydrogen) atoms. The van der Waals surface area contributed by atoms with Gasteiger partial charge >= 0.3 is 0 Å². The third-order valence-corrected chi connectivity index (χ3v) is 5.43. The fourth-order valence-electron chi connectivity index (χ4n) is 3.86. The number of carbonyl (C=O) groups is 1. The lowest BCUT2D eigenvalue weighted by Gasteiger charge is -2.24. The van der Waals surface area contributed by atoms with Crippen molar-refractivity contribution in [3.63, 3.8) is 0 Å². The molecule has 1 aliphatic carbocycles. The molecule has 0 radical (unpaired) electrons. The van der Waals surface area contributed by atoms with E-state index in [0.29, 0.717) is 16.6 Å². The van der Waals surface area contributed by atoms with Gasteiger partial charge in [-0.05, 0) is 49.1 Å². The molecule has 1 amide bonds. The lowest BCUT2D eigenvalue weighted by atomic mass is 9.95. The van der Waals surface area contributed by atoms with Crippen LogP contribution in [-0.4, -0.2) is 28.0 Å². The summed E-state index contributed by atoms with van der Waals surface area (Å²) in [6, 6.07) is 4.81. The minimum absolute atomic E-state index is 0.0317. The van der Waals surface area contributed by atoms with Crippen LogP contribution >= 0.6 is 0 Å². The summed E-state index contributed by atoms with van der Waals surface area (Å²) in [6.07, 6.45) is 8.43. The number of ether oxygens (including phenoxy) is 1. The maximum atomic E-state index is 14.6. The second-order valence-corrected chi connectivity index (χ2v) is 7.69. The molecule has 1 fully saturated rings. The highest BCUT2D eigenvalue weighted by Crippen LogP contribution is 2.32. The van der Waals surface area contributed by atoms with Gasteiger partial charge in [-0.25, -0.2) is 13.8 Å². The lowest BCUT2D eigenvalue weighted by molar-refractivity contribution is -0.123. The molecule has 1 aliphatic rings. The first-order valence-electron chi connectivity index (χ1n) is 10.1. The van der Waals surface area contributed by atoms with Gasteiger partial charge in [-0.2, -0.15) is 0 Å². The summed E-state index contributed by atoms with van der Waals surface area (Å²) >= 11 is 0. The number of fused-ring (bicyclic) bond motifs is 1. The number of amides is 1. The summed E-state index contributed by atoms with van der Waals surface area (Å²) in [6.45, 7) is 0. The topological polar surface area (TPSA) is 93.0 Å². The Balaban J connectivity index is 1.45. The Labute approximate surface area is 172 Å². The molecule has 158 valence electrons. The molecule has 8 heteroatoms. The van der Waals surface area contributed by atoms with Crippen molar-refractivity contribution in [3.05, 3.63) is 53.9 Å². The number of nitrogens with zero attached hydrogens (tertiary/aromatic N) is 1. The molecule has 4 N–H and O–H groups in total. The quantitative estimate of drug-likeness (QED) is 0.569. The van der Waals surface area contributed by atoms with Crippen LogP contribution in [0.1, 0.15) is 37.7 Å². The van der Waals surface area contributed by atoms with Crippen LogP contribution < -0.4 is 15.8 Å². The third kappa shape index (κ3) is 4.43. The van der Waals surface area contributed by atoms with Gasteiger partial charge in [-0.3, -0.25) is 4.79 Å². The Kier molecular flexibility index (Phi) is 5.94. The molecule has 0 aliphatic heterocycles. The maximum Gasteiger partial charge on any atom is 0.237 e. The zero-order valence-corrected chi connectivity index (χ0v) is 16.5. The monoisotopic (exact) mass is 414 g/mol. The van der Waals surface area contributed by atoms with Crippen molar-refractivity contribution in [1.29, 1.82) is 0 Å². The van der Waals surface area contributed by atoms with E-state index in [2.05, 4.69) is 15.3 Å². The van der Waals surface area contributed by atoms with Gasteiger partial charge in [0.25, 0.3) is 0 Å². The molecule has 0 saturated heterocycles. The SMILES string of the molecule is N[C@H](Cc1cc(F)c(Oc2ccnc3[nH]ccc23)c(F)c1)C(=O)NC1CCCCC1. The Bertz CT molecular complexity index is 1020. The zero-order valence-electron chi connectivity index (χ0n) is 16.5. The third-order valence-electron chi connectivity index (χ3n) is 5.43. The summed E-state index contributed by atoms with van der Waals surface area (Å²) < 4.78 is 34.7. The first-order chi connectivity index (χ1) is 14.5. The van der Waals surface area contributed by atoms with E-state index >= 15 is 0 Å². The average molecular weight is 414 g/mol. The van der Waals surface area contributed by atoms with Crippen molar-refractivity contribution < 1.29 is 18.3 Å². The van der Waals surface area contributed by atoms with Crippen LogP contribution in [0.25, 0.3) is 11.0 Å². The Hall–Kier alpha value is -3.00. The number of hydrogen-bond acceptors (Lipinski definition) is 4. The van der Waals surface area contributed by atoms with Crippen molar-refractivity contribution >= 4 is 16.9 Å². The summed E-state index contributed by atoms with van der Waals surface area (Å²) in [5.41, 5.74) is 6.83. The van der Waals surface area contributed by atoms with Crippen LogP contribution in [0.15, 0.2) is 36.7 Å². The van der Waals surface area contributed by atoms with E-state index in [1.807, 2.05) is 0 Å². The first kappa shape index (κ1) is 20.3. The smallest absolute Gasteiger partial charge is 0.237 e. The Morgan fingerprint density at radius 2 is 1.97 bits per heavy atom. The number of rotatable bonds is 6. The molecule has 4 rings (SSSR count). The number of benzene rings is 1. The van der Waals surface area contributed by atoms with E-state index in [9.17, 15) is 13.6 Å². The van der Waals surface area contributed by atoms with Gasteiger partial charge < -0.3 is 20.8 Å². The number of carbonyl (C=O) groups excluding carboxylic acids is 1. The van der Waals surface area contributed by atoms with Gasteiger partial charge in [-0.15, -0.1) is 0 Å². The number of hydrogen-bond donors (Lipinski definition) is 3. The van der Waals surface area contributed by atoms with Gasteiger partial charge in [0.2, 0.25) is 5.91 Å². The summed E-state index contributed by atoms with van der Waals surface area (Å²) in [4.78, 5) is 19.4. The van der Waals surface area contributed by atoms with Crippen molar-refractivity contribution in [2.75, 3.05) is 0 Å². The van der Waals surface area contributed by atoms with Gasteiger partial charge in [0.1, 0.15) is 11.4 Å². The molecular weight excluding hydrogens is 390 g/mol. The summed E-state index contributed by atoms with van der Waals surface area (Å²) in [5.74, 6) is -2.23. The van der Waals surface area contributed by atoms with Crippen LogP contribution in [0, 0.1) is 11.6 Å². The van der Waals surface area contributed by atoms with Gasteiger partial charge in [0.15, 0.2) is 17.4 Å². The minimum Gasteiger partial charge on any atom is -0.450 e. The predicted octanol–water partition coefficient (Wildman–Crippen LogP) is 3.95. The minimum atomic E-state index is -0.878. The number of H-pyrrole nitrogens is 1. The lowest BCUT2D eigenvalue weighted by Crippen LogP contribution is -2.46. The standard InChI is InChI=1S/C22H24F2N4O2/c23-16-10-13(12-18(25)22(29)28-14-4-2-1-3-5-14)11-17(24)20(16)30-19-7-9-27-21-15(19)6-8-26-21/h6-11,14,18H,1-5,12,25H2,(H,26,27)(H,28,29)/t18-/m1/s1. The number of nitrogens with one attached hydrogen (secondary N) is 2.